The lowest BCUT2D eigenvalue weighted by Gasteiger charge is -2.19. The molecule has 17 heavy (non-hydrogen) atoms. The highest BCUT2D eigenvalue weighted by molar-refractivity contribution is 5.88. The number of nitrogens with one attached hydrogen (secondary N) is 1. The minimum atomic E-state index is -0.215. The number of carbonyl (C=O) groups excluding carboxylic acids is 2. The molecule has 0 aliphatic carbocycles. The third-order valence-electron chi connectivity index (χ3n) is 3.01. The zero-order chi connectivity index (χ0) is 12.4. The number of hydrogen-bond acceptors (Lipinski definition) is 3. The van der Waals surface area contributed by atoms with Crippen molar-refractivity contribution in [2.45, 2.75) is 13.0 Å². The van der Waals surface area contributed by atoms with Crippen LogP contribution in [-0.2, 0) is 16.1 Å². The SMILES string of the molecule is CN1CC(C(=O)N(C)Cc2ncc[nH]2)CC1=O. The minimum Gasteiger partial charge on any atom is -0.347 e. The van der Waals surface area contributed by atoms with Gasteiger partial charge in [0.15, 0.2) is 0 Å². The summed E-state index contributed by atoms with van der Waals surface area (Å²) in [5, 5.41) is 0. The summed E-state index contributed by atoms with van der Waals surface area (Å²) in [4.78, 5) is 33.7. The van der Waals surface area contributed by atoms with E-state index in [1.165, 1.54) is 0 Å². The van der Waals surface area contributed by atoms with Gasteiger partial charge in [-0.05, 0) is 0 Å². The van der Waals surface area contributed by atoms with E-state index in [-0.39, 0.29) is 17.7 Å². The smallest absolute Gasteiger partial charge is 0.228 e. The highest BCUT2D eigenvalue weighted by atomic mass is 16.2. The van der Waals surface area contributed by atoms with E-state index >= 15 is 0 Å². The van der Waals surface area contributed by atoms with Crippen LogP contribution in [0.4, 0.5) is 0 Å². The largest absolute Gasteiger partial charge is 0.347 e. The van der Waals surface area contributed by atoms with E-state index in [1.807, 2.05) is 0 Å². The van der Waals surface area contributed by atoms with Crippen molar-refractivity contribution in [1.82, 2.24) is 19.8 Å². The van der Waals surface area contributed by atoms with E-state index in [1.54, 1.807) is 36.3 Å². The van der Waals surface area contributed by atoms with Crippen LogP contribution in [0.25, 0.3) is 0 Å². The molecule has 1 N–H and O–H groups in total. The Morgan fingerprint density at radius 1 is 1.71 bits per heavy atom. The molecule has 1 saturated heterocycles. The topological polar surface area (TPSA) is 69.3 Å². The first-order valence-electron chi connectivity index (χ1n) is 5.55. The summed E-state index contributed by atoms with van der Waals surface area (Å²) >= 11 is 0. The predicted octanol–water partition coefficient (Wildman–Crippen LogP) is -0.154. The molecule has 1 fully saturated rings. The number of likely N-dealkylation sites (tertiary alicyclic amines) is 1. The number of aromatic nitrogens is 2. The highest BCUT2D eigenvalue weighted by Gasteiger charge is 2.33. The van der Waals surface area contributed by atoms with Gasteiger partial charge >= 0.3 is 0 Å². The van der Waals surface area contributed by atoms with Gasteiger partial charge in [0, 0.05) is 39.5 Å². The predicted molar refractivity (Wildman–Crippen MR) is 60.8 cm³/mol. The van der Waals surface area contributed by atoms with Crippen molar-refractivity contribution >= 4 is 11.8 Å². The summed E-state index contributed by atoms with van der Waals surface area (Å²) in [6.45, 7) is 0.959. The van der Waals surface area contributed by atoms with Crippen molar-refractivity contribution in [1.29, 1.82) is 0 Å². The van der Waals surface area contributed by atoms with Crippen molar-refractivity contribution in [3.8, 4) is 0 Å². The molecule has 6 heteroatoms. The molecule has 1 aromatic rings. The fourth-order valence-corrected chi connectivity index (χ4v) is 2.03. The minimum absolute atomic E-state index is 0.000833. The Kier molecular flexibility index (Phi) is 3.12. The first-order valence-corrected chi connectivity index (χ1v) is 5.55. The van der Waals surface area contributed by atoms with Crippen molar-refractivity contribution in [3.63, 3.8) is 0 Å². The van der Waals surface area contributed by atoms with Gasteiger partial charge in [-0.2, -0.15) is 0 Å². The van der Waals surface area contributed by atoms with E-state index in [2.05, 4.69) is 9.97 Å². The summed E-state index contributed by atoms with van der Waals surface area (Å²) in [5.41, 5.74) is 0. The monoisotopic (exact) mass is 236 g/mol. The highest BCUT2D eigenvalue weighted by Crippen LogP contribution is 2.18. The third kappa shape index (κ3) is 2.46. The normalized spacial score (nSPS) is 19.8. The van der Waals surface area contributed by atoms with Gasteiger partial charge in [-0.3, -0.25) is 9.59 Å². The van der Waals surface area contributed by atoms with Crippen molar-refractivity contribution in [2.24, 2.45) is 5.92 Å². The van der Waals surface area contributed by atoms with Crippen LogP contribution in [0.5, 0.6) is 0 Å². The second kappa shape index (κ2) is 4.57. The second-order valence-electron chi connectivity index (χ2n) is 4.41. The molecule has 0 saturated carbocycles. The van der Waals surface area contributed by atoms with Crippen LogP contribution in [0.1, 0.15) is 12.2 Å². The summed E-state index contributed by atoms with van der Waals surface area (Å²) in [6.07, 6.45) is 3.69. The summed E-state index contributed by atoms with van der Waals surface area (Å²) in [7, 11) is 3.45. The maximum Gasteiger partial charge on any atom is 0.228 e. The number of aromatic amines is 1. The van der Waals surface area contributed by atoms with Crippen LogP contribution in [0.3, 0.4) is 0 Å². The van der Waals surface area contributed by atoms with Gasteiger partial charge < -0.3 is 14.8 Å². The second-order valence-corrected chi connectivity index (χ2v) is 4.41. The van der Waals surface area contributed by atoms with Crippen molar-refractivity contribution < 1.29 is 9.59 Å². The average Bonchev–Trinajstić information content (AvgIpc) is 2.89. The van der Waals surface area contributed by atoms with Crippen molar-refractivity contribution in [3.05, 3.63) is 18.2 Å². The van der Waals surface area contributed by atoms with Gasteiger partial charge in [-0.15, -0.1) is 0 Å². The molecular formula is C11H16N4O2. The molecule has 1 aliphatic heterocycles. The molecule has 92 valence electrons. The van der Waals surface area contributed by atoms with E-state index in [0.717, 1.165) is 5.82 Å². The maximum absolute atomic E-state index is 12.1. The Balaban J connectivity index is 1.94. The zero-order valence-electron chi connectivity index (χ0n) is 10.0. The number of imidazole rings is 1. The molecule has 1 atom stereocenters. The molecule has 2 heterocycles. The Morgan fingerprint density at radius 2 is 2.47 bits per heavy atom. The van der Waals surface area contributed by atoms with E-state index < -0.39 is 0 Å². The molecule has 6 nitrogen and oxygen atoms in total. The molecule has 0 radical (unpaired) electrons. The fourth-order valence-electron chi connectivity index (χ4n) is 2.03. The van der Waals surface area contributed by atoms with E-state index in [9.17, 15) is 9.59 Å². The molecule has 2 rings (SSSR count). The van der Waals surface area contributed by atoms with Crippen LogP contribution >= 0.6 is 0 Å². The molecule has 0 aromatic carbocycles. The van der Waals surface area contributed by atoms with E-state index in [4.69, 9.17) is 0 Å². The van der Waals surface area contributed by atoms with Gasteiger partial charge in [0.05, 0.1) is 12.5 Å². The molecule has 1 aliphatic rings. The third-order valence-corrected chi connectivity index (χ3v) is 3.01. The maximum atomic E-state index is 12.1. The molecule has 1 unspecified atom stereocenters. The van der Waals surface area contributed by atoms with Gasteiger partial charge in [0.2, 0.25) is 11.8 Å². The summed E-state index contributed by atoms with van der Waals surface area (Å²) in [5.74, 6) is 0.569. The van der Waals surface area contributed by atoms with Crippen LogP contribution in [0, 0.1) is 5.92 Å². The van der Waals surface area contributed by atoms with Gasteiger partial charge in [-0.1, -0.05) is 0 Å². The van der Waals surface area contributed by atoms with Gasteiger partial charge in [0.1, 0.15) is 5.82 Å². The van der Waals surface area contributed by atoms with E-state index in [0.29, 0.717) is 19.5 Å². The lowest BCUT2D eigenvalue weighted by molar-refractivity contribution is -0.135. The average molecular weight is 236 g/mol. The Labute approximate surface area is 99.6 Å². The van der Waals surface area contributed by atoms with Crippen LogP contribution in [0.2, 0.25) is 0 Å². The fraction of sp³-hybridized carbons (Fsp3) is 0.545. The Hall–Kier alpha value is -1.85. The zero-order valence-corrected chi connectivity index (χ0v) is 10.0. The lowest BCUT2D eigenvalue weighted by atomic mass is 10.1. The number of rotatable bonds is 3. The van der Waals surface area contributed by atoms with Crippen LogP contribution in [0.15, 0.2) is 12.4 Å². The number of hydrogen-bond donors (Lipinski definition) is 1. The Morgan fingerprint density at radius 3 is 3.00 bits per heavy atom. The summed E-state index contributed by atoms with van der Waals surface area (Å²) < 4.78 is 0. The molecule has 0 spiro atoms. The molecular weight excluding hydrogens is 220 g/mol. The van der Waals surface area contributed by atoms with Crippen LogP contribution in [-0.4, -0.2) is 52.2 Å². The number of amides is 2. The number of nitrogens with zero attached hydrogens (tertiary/aromatic N) is 3. The quantitative estimate of drug-likeness (QED) is 0.793. The standard InChI is InChI=1S/C11H16N4O2/c1-14-6-8(5-10(14)16)11(17)15(2)7-9-12-3-4-13-9/h3-4,8H,5-7H2,1-2H3,(H,12,13). The molecule has 0 bridgehead atoms. The van der Waals surface area contributed by atoms with Gasteiger partial charge in [0.25, 0.3) is 0 Å². The van der Waals surface area contributed by atoms with Gasteiger partial charge in [-0.25, -0.2) is 4.98 Å². The molecule has 1 aromatic heterocycles. The first-order chi connectivity index (χ1) is 8.08. The summed E-state index contributed by atoms with van der Waals surface area (Å²) in [6, 6.07) is 0. The van der Waals surface area contributed by atoms with Crippen molar-refractivity contribution in [2.75, 3.05) is 20.6 Å². The number of H-pyrrole nitrogens is 1. The van der Waals surface area contributed by atoms with Crippen LogP contribution < -0.4 is 0 Å². The first kappa shape index (κ1) is 11.6. The number of carbonyl (C=O) groups is 2. The molecule has 2 amide bonds. The Bertz CT molecular complexity index is 415. The lowest BCUT2D eigenvalue weighted by Crippen LogP contribution is -2.34.